The van der Waals surface area contributed by atoms with Crippen LogP contribution in [0.4, 0.5) is 5.69 Å². The van der Waals surface area contributed by atoms with E-state index in [1.807, 2.05) is 54.6 Å². The van der Waals surface area contributed by atoms with Gasteiger partial charge in [-0.3, -0.25) is 4.79 Å². The van der Waals surface area contributed by atoms with Crippen LogP contribution in [0.25, 0.3) is 0 Å². The van der Waals surface area contributed by atoms with Crippen LogP contribution in [0.15, 0.2) is 59.8 Å². The fourth-order valence-electron chi connectivity index (χ4n) is 1.80. The van der Waals surface area contributed by atoms with Crippen LogP contribution in [0.1, 0.15) is 18.1 Å². The first-order valence-corrected chi connectivity index (χ1v) is 6.87. The van der Waals surface area contributed by atoms with E-state index in [0.717, 1.165) is 17.7 Å². The first-order chi connectivity index (χ1) is 10.3. The van der Waals surface area contributed by atoms with E-state index >= 15 is 0 Å². The van der Waals surface area contributed by atoms with E-state index in [4.69, 9.17) is 4.84 Å². The van der Waals surface area contributed by atoms with Gasteiger partial charge in [-0.2, -0.15) is 0 Å². The molecule has 0 radical (unpaired) electrons. The predicted octanol–water partition coefficient (Wildman–Crippen LogP) is 3.24. The Kier molecular flexibility index (Phi) is 5.52. The smallest absolute Gasteiger partial charge is 0.265 e. The molecule has 0 heterocycles. The molecule has 0 aliphatic heterocycles. The van der Waals surface area contributed by atoms with Crippen LogP contribution in [0.3, 0.4) is 0 Å². The van der Waals surface area contributed by atoms with E-state index in [9.17, 15) is 4.79 Å². The van der Waals surface area contributed by atoms with Crippen LogP contribution >= 0.6 is 0 Å². The lowest BCUT2D eigenvalue weighted by atomic mass is 10.1. The van der Waals surface area contributed by atoms with Crippen molar-refractivity contribution in [2.75, 3.05) is 11.9 Å². The summed E-state index contributed by atoms with van der Waals surface area (Å²) in [5.41, 5.74) is 2.87. The van der Waals surface area contributed by atoms with Gasteiger partial charge in [-0.25, -0.2) is 0 Å². The molecule has 0 spiro atoms. The molecule has 0 atom stereocenters. The number of anilines is 1. The van der Waals surface area contributed by atoms with Gasteiger partial charge in [-0.1, -0.05) is 54.5 Å². The van der Waals surface area contributed by atoms with Gasteiger partial charge in [0, 0.05) is 5.69 Å². The zero-order chi connectivity index (χ0) is 14.9. The highest BCUT2D eigenvalue weighted by Crippen LogP contribution is 2.10. The standard InChI is InChI=1S/C17H18N2O2/c1-2-14-9-6-10-16(11-14)19-17(20)13-21-18-12-15-7-4-3-5-8-15/h3-12H,2,13H2,1H3,(H,19,20)/b18-12-. The molecule has 1 amide bonds. The molecule has 4 nitrogen and oxygen atoms in total. The molecule has 108 valence electrons. The zero-order valence-corrected chi connectivity index (χ0v) is 12.0. The van der Waals surface area contributed by atoms with Crippen molar-refractivity contribution in [3.05, 3.63) is 65.7 Å². The van der Waals surface area contributed by atoms with E-state index in [0.29, 0.717) is 0 Å². The lowest BCUT2D eigenvalue weighted by molar-refractivity contribution is -0.120. The Morgan fingerprint density at radius 3 is 2.76 bits per heavy atom. The van der Waals surface area contributed by atoms with Crippen LogP contribution in [-0.2, 0) is 16.1 Å². The monoisotopic (exact) mass is 282 g/mol. The van der Waals surface area contributed by atoms with Gasteiger partial charge in [0.2, 0.25) is 0 Å². The maximum atomic E-state index is 11.7. The normalized spacial score (nSPS) is 10.5. The van der Waals surface area contributed by atoms with Crippen LogP contribution < -0.4 is 5.32 Å². The summed E-state index contributed by atoms with van der Waals surface area (Å²) in [6.07, 6.45) is 2.51. The SMILES string of the molecule is CCc1cccc(NC(=O)CO/N=C\c2ccccc2)c1. The molecule has 2 aromatic rings. The topological polar surface area (TPSA) is 50.7 Å². The Labute approximate surface area is 124 Å². The third-order valence-electron chi connectivity index (χ3n) is 2.89. The minimum Gasteiger partial charge on any atom is -0.386 e. The third-order valence-corrected chi connectivity index (χ3v) is 2.89. The van der Waals surface area contributed by atoms with Crippen molar-refractivity contribution in [3.63, 3.8) is 0 Å². The zero-order valence-electron chi connectivity index (χ0n) is 12.0. The van der Waals surface area contributed by atoms with Crippen molar-refractivity contribution in [1.82, 2.24) is 0 Å². The molecule has 0 saturated heterocycles. The minimum atomic E-state index is -0.228. The fraction of sp³-hybridized carbons (Fsp3) is 0.176. The summed E-state index contributed by atoms with van der Waals surface area (Å²) >= 11 is 0. The summed E-state index contributed by atoms with van der Waals surface area (Å²) in [5.74, 6) is -0.228. The second-order valence-electron chi connectivity index (χ2n) is 4.52. The number of amides is 1. The molecule has 4 heteroatoms. The Morgan fingerprint density at radius 2 is 2.00 bits per heavy atom. The van der Waals surface area contributed by atoms with Gasteiger partial charge in [0.1, 0.15) is 0 Å². The number of hydrogen-bond acceptors (Lipinski definition) is 3. The van der Waals surface area contributed by atoms with Gasteiger partial charge < -0.3 is 10.2 Å². The van der Waals surface area contributed by atoms with E-state index in [1.165, 1.54) is 5.56 Å². The summed E-state index contributed by atoms with van der Waals surface area (Å²) in [5, 5.41) is 6.55. The van der Waals surface area contributed by atoms with Crippen LogP contribution in [0, 0.1) is 0 Å². The van der Waals surface area contributed by atoms with Gasteiger partial charge in [0.25, 0.3) is 5.91 Å². The van der Waals surface area contributed by atoms with Gasteiger partial charge >= 0.3 is 0 Å². The maximum Gasteiger partial charge on any atom is 0.265 e. The Hall–Kier alpha value is -2.62. The Bertz CT molecular complexity index is 609. The van der Waals surface area contributed by atoms with Crippen molar-refractivity contribution in [1.29, 1.82) is 0 Å². The Balaban J connectivity index is 1.78. The fourth-order valence-corrected chi connectivity index (χ4v) is 1.80. The Morgan fingerprint density at radius 1 is 1.19 bits per heavy atom. The van der Waals surface area contributed by atoms with Crippen LogP contribution in [0.2, 0.25) is 0 Å². The molecule has 0 aromatic heterocycles. The minimum absolute atomic E-state index is 0.111. The second-order valence-corrected chi connectivity index (χ2v) is 4.52. The predicted molar refractivity (Wildman–Crippen MR) is 84.4 cm³/mol. The molecule has 0 aliphatic carbocycles. The molecule has 0 unspecified atom stereocenters. The number of nitrogens with one attached hydrogen (secondary N) is 1. The van der Waals surface area contributed by atoms with E-state index in [2.05, 4.69) is 17.4 Å². The van der Waals surface area contributed by atoms with Gasteiger partial charge in [-0.15, -0.1) is 0 Å². The number of hydrogen-bond donors (Lipinski definition) is 1. The molecule has 0 saturated carbocycles. The number of carbonyl (C=O) groups excluding carboxylic acids is 1. The summed E-state index contributed by atoms with van der Waals surface area (Å²) < 4.78 is 0. The van der Waals surface area contributed by atoms with Crippen molar-refractivity contribution in [2.45, 2.75) is 13.3 Å². The van der Waals surface area contributed by atoms with Crippen LogP contribution in [-0.4, -0.2) is 18.7 Å². The largest absolute Gasteiger partial charge is 0.386 e. The summed E-state index contributed by atoms with van der Waals surface area (Å²) in [6.45, 7) is 1.96. The molecule has 21 heavy (non-hydrogen) atoms. The van der Waals surface area contributed by atoms with Crippen LogP contribution in [0.5, 0.6) is 0 Å². The van der Waals surface area contributed by atoms with Gasteiger partial charge in [-0.05, 0) is 29.7 Å². The third kappa shape index (κ3) is 5.10. The molecule has 0 aliphatic rings. The number of benzene rings is 2. The average Bonchev–Trinajstić information content (AvgIpc) is 2.53. The van der Waals surface area contributed by atoms with E-state index in [1.54, 1.807) is 6.21 Å². The number of aryl methyl sites for hydroxylation is 1. The summed E-state index contributed by atoms with van der Waals surface area (Å²) in [7, 11) is 0. The average molecular weight is 282 g/mol. The maximum absolute atomic E-state index is 11.7. The number of carbonyl (C=O) groups is 1. The van der Waals surface area contributed by atoms with E-state index in [-0.39, 0.29) is 12.5 Å². The molecule has 2 rings (SSSR count). The number of nitrogens with zero attached hydrogens (tertiary/aromatic N) is 1. The molecule has 0 fully saturated rings. The highest BCUT2D eigenvalue weighted by molar-refractivity contribution is 5.91. The quantitative estimate of drug-likeness (QED) is 0.653. The van der Waals surface area contributed by atoms with Crippen molar-refractivity contribution in [3.8, 4) is 0 Å². The van der Waals surface area contributed by atoms with Gasteiger partial charge in [0.15, 0.2) is 6.61 Å². The second kappa shape index (κ2) is 7.85. The van der Waals surface area contributed by atoms with Gasteiger partial charge in [0.05, 0.1) is 6.21 Å². The molecule has 1 N–H and O–H groups in total. The molecule has 0 bridgehead atoms. The molecular formula is C17H18N2O2. The van der Waals surface area contributed by atoms with E-state index < -0.39 is 0 Å². The summed E-state index contributed by atoms with van der Waals surface area (Å²) in [6, 6.07) is 17.3. The lowest BCUT2D eigenvalue weighted by Crippen LogP contribution is -2.17. The number of oxime groups is 1. The highest BCUT2D eigenvalue weighted by atomic mass is 16.6. The molecular weight excluding hydrogens is 264 g/mol. The van der Waals surface area contributed by atoms with Crippen molar-refractivity contribution in [2.24, 2.45) is 5.16 Å². The molecule has 2 aromatic carbocycles. The lowest BCUT2D eigenvalue weighted by Gasteiger charge is -2.05. The van der Waals surface area contributed by atoms with Crippen molar-refractivity contribution < 1.29 is 9.63 Å². The number of rotatable bonds is 6. The first kappa shape index (κ1) is 14.8. The summed E-state index contributed by atoms with van der Waals surface area (Å²) in [4.78, 5) is 16.7. The first-order valence-electron chi connectivity index (χ1n) is 6.87. The van der Waals surface area contributed by atoms with Crippen molar-refractivity contribution >= 4 is 17.8 Å². The highest BCUT2D eigenvalue weighted by Gasteiger charge is 2.02.